The molecule has 1 fully saturated rings. The Morgan fingerprint density at radius 3 is 3.16 bits per heavy atom. The zero-order valence-corrected chi connectivity index (χ0v) is 11.0. The first kappa shape index (κ1) is 12.6. The van der Waals surface area contributed by atoms with E-state index in [1.807, 2.05) is 18.2 Å². The van der Waals surface area contributed by atoms with Crippen LogP contribution in [0.1, 0.15) is 28.8 Å². The quantitative estimate of drug-likeness (QED) is 0.839. The van der Waals surface area contributed by atoms with Crippen molar-refractivity contribution < 1.29 is 14.3 Å². The molecule has 0 aliphatic carbocycles. The van der Waals surface area contributed by atoms with Gasteiger partial charge in [0.25, 0.3) is 0 Å². The van der Waals surface area contributed by atoms with Gasteiger partial charge in [0.1, 0.15) is 5.75 Å². The molecule has 1 saturated heterocycles. The minimum Gasteiger partial charge on any atom is -0.493 e. The van der Waals surface area contributed by atoms with E-state index in [9.17, 15) is 4.79 Å². The fourth-order valence-corrected chi connectivity index (χ4v) is 2.68. The minimum atomic E-state index is -0.0132. The number of hydrogen-bond acceptors (Lipinski definition) is 4. The van der Waals surface area contributed by atoms with E-state index in [2.05, 4.69) is 5.32 Å². The maximum atomic E-state index is 12.4. The van der Waals surface area contributed by atoms with Crippen molar-refractivity contribution in [2.45, 2.75) is 25.4 Å². The van der Waals surface area contributed by atoms with E-state index in [0.717, 1.165) is 37.2 Å². The van der Waals surface area contributed by atoms with Crippen LogP contribution in [0.15, 0.2) is 18.2 Å². The smallest absolute Gasteiger partial charge is 0.169 e. The summed E-state index contributed by atoms with van der Waals surface area (Å²) < 4.78 is 11.3. The van der Waals surface area contributed by atoms with Gasteiger partial charge in [-0.2, -0.15) is 0 Å². The van der Waals surface area contributed by atoms with Gasteiger partial charge in [-0.25, -0.2) is 0 Å². The number of para-hydroxylation sites is 1. The molecule has 1 aromatic rings. The molecular formula is C15H19NO3. The van der Waals surface area contributed by atoms with E-state index in [-0.39, 0.29) is 11.9 Å². The normalized spacial score (nSPS) is 22.4. The second kappa shape index (κ2) is 5.72. The number of rotatable bonds is 3. The second-order valence-corrected chi connectivity index (χ2v) is 5.07. The summed E-state index contributed by atoms with van der Waals surface area (Å²) in [5, 5.41) is 3.25. The molecule has 0 amide bonds. The average Bonchev–Trinajstić information content (AvgIpc) is 2.47. The molecule has 1 N–H and O–H groups in total. The molecule has 0 saturated carbocycles. The molecule has 0 bridgehead atoms. The number of carbonyl (C=O) groups excluding carboxylic acids is 1. The van der Waals surface area contributed by atoms with Crippen molar-refractivity contribution in [2.24, 2.45) is 0 Å². The van der Waals surface area contributed by atoms with Gasteiger partial charge in [-0.05, 0) is 24.5 Å². The van der Waals surface area contributed by atoms with E-state index in [1.54, 1.807) is 0 Å². The van der Waals surface area contributed by atoms with Gasteiger partial charge in [0, 0.05) is 19.5 Å². The lowest BCUT2D eigenvalue weighted by Gasteiger charge is -2.24. The summed E-state index contributed by atoms with van der Waals surface area (Å²) >= 11 is 0. The molecule has 0 aromatic heterocycles. The van der Waals surface area contributed by atoms with Crippen LogP contribution in [0.25, 0.3) is 0 Å². The molecule has 2 heterocycles. The van der Waals surface area contributed by atoms with Crippen LogP contribution in [-0.4, -0.2) is 38.2 Å². The van der Waals surface area contributed by atoms with Crippen LogP contribution in [0.5, 0.6) is 5.75 Å². The van der Waals surface area contributed by atoms with E-state index in [0.29, 0.717) is 25.2 Å². The first-order chi connectivity index (χ1) is 9.34. The van der Waals surface area contributed by atoms with Crippen molar-refractivity contribution >= 4 is 5.78 Å². The summed E-state index contributed by atoms with van der Waals surface area (Å²) in [6.45, 7) is 3.01. The number of morpholine rings is 1. The highest BCUT2D eigenvalue weighted by Gasteiger charge is 2.23. The largest absolute Gasteiger partial charge is 0.493 e. The third-order valence-corrected chi connectivity index (χ3v) is 3.65. The first-order valence-corrected chi connectivity index (χ1v) is 6.95. The van der Waals surface area contributed by atoms with Crippen LogP contribution in [0.4, 0.5) is 0 Å². The predicted molar refractivity (Wildman–Crippen MR) is 71.8 cm³/mol. The Balaban J connectivity index is 1.75. The first-order valence-electron chi connectivity index (χ1n) is 6.95. The Hall–Kier alpha value is -1.39. The SMILES string of the molecule is O=C(CC1CNCCO1)c1cccc2c1OCCC2. The maximum Gasteiger partial charge on any atom is 0.169 e. The molecule has 4 heteroatoms. The summed E-state index contributed by atoms with van der Waals surface area (Å²) in [5.41, 5.74) is 1.87. The molecule has 0 spiro atoms. The Labute approximate surface area is 113 Å². The number of nitrogens with one attached hydrogen (secondary N) is 1. The van der Waals surface area contributed by atoms with Gasteiger partial charge in [-0.1, -0.05) is 12.1 Å². The summed E-state index contributed by atoms with van der Waals surface area (Å²) in [6.07, 6.45) is 2.44. The molecule has 102 valence electrons. The number of aryl methyl sites for hydroxylation is 1. The predicted octanol–water partition coefficient (Wildman–Crippen LogP) is 1.57. The topological polar surface area (TPSA) is 47.6 Å². The summed E-state index contributed by atoms with van der Waals surface area (Å²) in [5.74, 6) is 0.912. The zero-order valence-electron chi connectivity index (χ0n) is 11.0. The van der Waals surface area contributed by atoms with Crippen LogP contribution < -0.4 is 10.1 Å². The molecule has 2 aliphatic rings. The maximum absolute atomic E-state index is 12.4. The molecular weight excluding hydrogens is 242 g/mol. The number of Topliss-reactive ketones (excluding diaryl/α,β-unsaturated/α-hetero) is 1. The number of ether oxygens (including phenoxy) is 2. The van der Waals surface area contributed by atoms with Gasteiger partial charge >= 0.3 is 0 Å². The molecule has 2 aliphatic heterocycles. The average molecular weight is 261 g/mol. The summed E-state index contributed by atoms with van der Waals surface area (Å²) in [7, 11) is 0. The van der Waals surface area contributed by atoms with Crippen molar-refractivity contribution in [1.29, 1.82) is 0 Å². The van der Waals surface area contributed by atoms with Crippen LogP contribution in [0.3, 0.4) is 0 Å². The number of fused-ring (bicyclic) bond motifs is 1. The Kier molecular flexibility index (Phi) is 3.80. The highest BCUT2D eigenvalue weighted by Crippen LogP contribution is 2.30. The van der Waals surface area contributed by atoms with Gasteiger partial charge in [0.15, 0.2) is 5.78 Å². The van der Waals surface area contributed by atoms with Gasteiger partial charge < -0.3 is 14.8 Å². The Morgan fingerprint density at radius 1 is 1.37 bits per heavy atom. The lowest BCUT2D eigenvalue weighted by Crippen LogP contribution is -2.39. The zero-order chi connectivity index (χ0) is 13.1. The number of benzene rings is 1. The third kappa shape index (κ3) is 2.80. The molecule has 4 nitrogen and oxygen atoms in total. The minimum absolute atomic E-state index is 0.0132. The van der Waals surface area contributed by atoms with Gasteiger partial charge in [0.2, 0.25) is 0 Å². The van der Waals surface area contributed by atoms with Crippen molar-refractivity contribution in [1.82, 2.24) is 5.32 Å². The highest BCUT2D eigenvalue weighted by molar-refractivity contribution is 5.99. The lowest BCUT2D eigenvalue weighted by atomic mass is 9.97. The number of hydrogen-bond donors (Lipinski definition) is 1. The molecule has 19 heavy (non-hydrogen) atoms. The highest BCUT2D eigenvalue weighted by atomic mass is 16.5. The van der Waals surface area contributed by atoms with Crippen molar-refractivity contribution in [3.8, 4) is 5.75 Å². The monoisotopic (exact) mass is 261 g/mol. The lowest BCUT2D eigenvalue weighted by molar-refractivity contribution is 0.0239. The molecule has 3 rings (SSSR count). The van der Waals surface area contributed by atoms with E-state index in [4.69, 9.17) is 9.47 Å². The molecule has 1 unspecified atom stereocenters. The fourth-order valence-electron chi connectivity index (χ4n) is 2.68. The van der Waals surface area contributed by atoms with E-state index >= 15 is 0 Å². The fraction of sp³-hybridized carbons (Fsp3) is 0.533. The van der Waals surface area contributed by atoms with Gasteiger partial charge in [-0.15, -0.1) is 0 Å². The molecule has 1 aromatic carbocycles. The van der Waals surface area contributed by atoms with Crippen LogP contribution in [0, 0.1) is 0 Å². The Morgan fingerprint density at radius 2 is 2.32 bits per heavy atom. The van der Waals surface area contributed by atoms with E-state index < -0.39 is 0 Å². The van der Waals surface area contributed by atoms with Crippen molar-refractivity contribution in [2.75, 3.05) is 26.3 Å². The molecule has 1 atom stereocenters. The van der Waals surface area contributed by atoms with Crippen LogP contribution in [0.2, 0.25) is 0 Å². The van der Waals surface area contributed by atoms with Crippen molar-refractivity contribution in [3.63, 3.8) is 0 Å². The number of ketones is 1. The second-order valence-electron chi connectivity index (χ2n) is 5.07. The Bertz CT molecular complexity index is 466. The van der Waals surface area contributed by atoms with Crippen LogP contribution >= 0.6 is 0 Å². The number of carbonyl (C=O) groups is 1. The summed E-state index contributed by atoms with van der Waals surface area (Å²) in [4.78, 5) is 12.4. The van der Waals surface area contributed by atoms with E-state index in [1.165, 1.54) is 0 Å². The summed E-state index contributed by atoms with van der Waals surface area (Å²) in [6, 6.07) is 5.85. The standard InChI is InChI=1S/C15H19NO3/c17-14(9-12-10-16-6-8-18-12)13-5-1-3-11-4-2-7-19-15(11)13/h1,3,5,12,16H,2,4,6-10H2. The van der Waals surface area contributed by atoms with Gasteiger partial charge in [0.05, 0.1) is 24.9 Å². The van der Waals surface area contributed by atoms with Crippen LogP contribution in [-0.2, 0) is 11.2 Å². The van der Waals surface area contributed by atoms with Crippen molar-refractivity contribution in [3.05, 3.63) is 29.3 Å². The third-order valence-electron chi connectivity index (χ3n) is 3.65. The van der Waals surface area contributed by atoms with Gasteiger partial charge in [-0.3, -0.25) is 4.79 Å². The molecule has 0 radical (unpaired) electrons.